The molecule has 4 N–H and O–H groups in total. The highest BCUT2D eigenvalue weighted by Crippen LogP contribution is 2.49. The Balaban J connectivity index is 0.949. The number of aromatic amines is 2. The summed E-state index contributed by atoms with van der Waals surface area (Å²) in [7, 11) is 2.52. The first kappa shape index (κ1) is 51.7. The van der Waals surface area contributed by atoms with Gasteiger partial charge in [0, 0.05) is 31.9 Å². The highest BCUT2D eigenvalue weighted by Gasteiger charge is 2.40. The molecule has 18 heteroatoms. The molecule has 398 valence electrons. The molecule has 76 heavy (non-hydrogen) atoms. The molecule has 0 radical (unpaired) electrons. The molecule has 0 bridgehead atoms. The maximum atomic E-state index is 16.9. The van der Waals surface area contributed by atoms with Gasteiger partial charge < -0.3 is 49.7 Å². The summed E-state index contributed by atoms with van der Waals surface area (Å²) in [6.45, 7) is 7.72. The van der Waals surface area contributed by atoms with Crippen molar-refractivity contribution in [1.29, 1.82) is 0 Å². The third kappa shape index (κ3) is 10.6. The number of hydrogen-bond donors (Lipinski definition) is 4. The number of nitrogens with one attached hydrogen (secondary N) is 4. The lowest BCUT2D eigenvalue weighted by Crippen LogP contribution is -2.51. The number of piperidine rings is 1. The van der Waals surface area contributed by atoms with Crippen molar-refractivity contribution in [3.8, 4) is 0 Å². The Morgan fingerprint density at radius 1 is 0.737 bits per heavy atom. The fraction of sp³-hybridized carbons (Fsp3) is 0.414. The number of halogens is 2. The molecule has 3 fully saturated rings. The SMILES string of the molecule is CCCN(Cc1nc2ccc([C@H]3CC[C@H](c4ccc5nc([C@@H]6CCCN6C(=O)C(NC(=O)OC)C(C)C)[nH]c5c4)N3c3cc(F)c(N4CCC(c5ccc6ccccc6c5)CC4)c(F)c3)cc2[nH]1)C(=O)CNC(=O)OC. The fourth-order valence-electron chi connectivity index (χ4n) is 11.8. The maximum absolute atomic E-state index is 16.9. The summed E-state index contributed by atoms with van der Waals surface area (Å²) in [5.74, 6) is -0.380. The number of aromatic nitrogens is 4. The number of benzene rings is 5. The monoisotopic (exact) mass is 1040 g/mol. The van der Waals surface area contributed by atoms with Crippen LogP contribution in [0.1, 0.15) is 118 Å². The van der Waals surface area contributed by atoms with Gasteiger partial charge in [-0.15, -0.1) is 0 Å². The summed E-state index contributed by atoms with van der Waals surface area (Å²) in [5, 5.41) is 7.55. The standard InChI is InChI=1S/C58H66F2N10O6/c1-6-23-68(52(71)32-61-57(73)75-4)33-51-62-44-17-15-39(28-46(44)63-51)48-19-20-49(40-16-18-45-47(29-40)65-55(64-45)50-12-9-24-69(50)56(72)53(34(2)3)66-58(74)76-5)70(48)41-30-42(59)54(43(60)31-41)67-25-21-36(22-26-67)38-14-13-35-10-7-8-11-37(35)27-38/h7-8,10-11,13-18,27-31,34,36,48-50,53H,6,9,12,19-26,32-33H2,1-5H3,(H,61,73)(H,62,63)(H,64,65)(H,66,74)/t48-,49-,50+,53?/m1/s1. The smallest absolute Gasteiger partial charge is 0.407 e. The third-order valence-corrected chi connectivity index (χ3v) is 15.6. The largest absolute Gasteiger partial charge is 0.453 e. The van der Waals surface area contributed by atoms with Crippen molar-refractivity contribution in [3.05, 3.63) is 131 Å². The van der Waals surface area contributed by atoms with Gasteiger partial charge in [0.1, 0.15) is 29.9 Å². The zero-order chi connectivity index (χ0) is 53.2. The first-order chi connectivity index (χ1) is 36.8. The van der Waals surface area contributed by atoms with Crippen LogP contribution in [0.2, 0.25) is 0 Å². The predicted molar refractivity (Wildman–Crippen MR) is 288 cm³/mol. The maximum Gasteiger partial charge on any atom is 0.407 e. The van der Waals surface area contributed by atoms with Gasteiger partial charge in [0.25, 0.3) is 0 Å². The zero-order valence-electron chi connectivity index (χ0n) is 43.7. The number of carbonyl (C=O) groups is 4. The number of ether oxygens (including phenoxy) is 2. The number of rotatable bonds is 15. The van der Waals surface area contributed by atoms with Crippen LogP contribution in [0.15, 0.2) is 91.0 Å². The number of anilines is 2. The molecule has 4 amide bonds. The van der Waals surface area contributed by atoms with Crippen LogP contribution in [0.4, 0.5) is 29.7 Å². The van der Waals surface area contributed by atoms with Gasteiger partial charge in [-0.1, -0.05) is 75.4 Å². The lowest BCUT2D eigenvalue weighted by Gasteiger charge is -2.36. The normalized spacial score (nSPS) is 18.5. The van der Waals surface area contributed by atoms with Gasteiger partial charge in [0.05, 0.1) is 61.0 Å². The highest BCUT2D eigenvalue weighted by atomic mass is 19.1. The van der Waals surface area contributed by atoms with Crippen LogP contribution < -0.4 is 20.4 Å². The van der Waals surface area contributed by atoms with Crippen molar-refractivity contribution in [2.45, 2.75) is 102 Å². The number of carbonyl (C=O) groups excluding carboxylic acids is 4. The van der Waals surface area contributed by atoms with E-state index < -0.39 is 29.9 Å². The van der Waals surface area contributed by atoms with E-state index in [1.54, 1.807) is 9.80 Å². The summed E-state index contributed by atoms with van der Waals surface area (Å²) < 4.78 is 43.3. The number of nitrogens with zero attached hydrogens (tertiary/aromatic N) is 6. The van der Waals surface area contributed by atoms with Gasteiger partial charge >= 0.3 is 12.2 Å². The molecular formula is C58H66F2N10O6. The van der Waals surface area contributed by atoms with Gasteiger partial charge in [-0.05, 0) is 121 Å². The predicted octanol–water partition coefficient (Wildman–Crippen LogP) is 10.5. The van der Waals surface area contributed by atoms with Crippen LogP contribution in [-0.4, -0.2) is 107 Å². The molecule has 0 saturated carbocycles. The Labute approximate surface area is 440 Å². The first-order valence-electron chi connectivity index (χ1n) is 26.5. The van der Waals surface area contributed by atoms with Crippen LogP contribution >= 0.6 is 0 Å². The Bertz CT molecular complexity index is 3260. The number of H-pyrrole nitrogens is 2. The van der Waals surface area contributed by atoms with Crippen molar-refractivity contribution in [2.75, 3.05) is 56.7 Å². The third-order valence-electron chi connectivity index (χ3n) is 15.6. The molecule has 10 rings (SSSR count). The van der Waals surface area contributed by atoms with Crippen molar-refractivity contribution >= 4 is 68.2 Å². The number of fused-ring (bicyclic) bond motifs is 3. The Morgan fingerprint density at radius 2 is 1.38 bits per heavy atom. The average molecular weight is 1040 g/mol. The number of likely N-dealkylation sites (tertiary alicyclic amines) is 1. The number of methoxy groups -OCH3 is 2. The van der Waals surface area contributed by atoms with Crippen molar-refractivity contribution in [2.24, 2.45) is 5.92 Å². The van der Waals surface area contributed by atoms with Crippen molar-refractivity contribution < 1.29 is 37.4 Å². The van der Waals surface area contributed by atoms with Gasteiger partial charge in [-0.2, -0.15) is 0 Å². The van der Waals surface area contributed by atoms with E-state index in [-0.39, 0.29) is 60.6 Å². The second kappa shape index (κ2) is 22.2. The van der Waals surface area contributed by atoms with Crippen LogP contribution in [0.3, 0.4) is 0 Å². The topological polar surface area (TPSA) is 181 Å². The van der Waals surface area contributed by atoms with Gasteiger partial charge in [0.15, 0.2) is 11.6 Å². The van der Waals surface area contributed by atoms with Crippen LogP contribution in [0.5, 0.6) is 0 Å². The highest BCUT2D eigenvalue weighted by molar-refractivity contribution is 5.87. The molecule has 1 unspecified atom stereocenters. The van der Waals surface area contributed by atoms with E-state index in [9.17, 15) is 19.2 Å². The summed E-state index contributed by atoms with van der Waals surface area (Å²) >= 11 is 0. The van der Waals surface area contributed by atoms with Crippen molar-refractivity contribution in [3.63, 3.8) is 0 Å². The molecule has 4 atom stereocenters. The molecule has 5 heterocycles. The zero-order valence-corrected chi connectivity index (χ0v) is 43.7. The molecule has 3 saturated heterocycles. The second-order valence-electron chi connectivity index (χ2n) is 20.7. The summed E-state index contributed by atoms with van der Waals surface area (Å²) in [6.07, 6.45) is 3.68. The number of amides is 4. The molecule has 3 aliphatic heterocycles. The van der Waals surface area contributed by atoms with Crippen molar-refractivity contribution in [1.82, 2.24) is 40.4 Å². The first-order valence-corrected chi connectivity index (χ1v) is 26.5. The molecule has 0 aliphatic carbocycles. The number of alkyl carbamates (subject to hydrolysis) is 2. The van der Waals surface area contributed by atoms with Crippen LogP contribution in [0.25, 0.3) is 32.8 Å². The molecule has 2 aromatic heterocycles. The van der Waals surface area contributed by atoms with E-state index in [0.29, 0.717) is 74.7 Å². The molecule has 0 spiro atoms. The van der Waals surface area contributed by atoms with E-state index in [2.05, 4.69) is 66.6 Å². The molecule has 7 aromatic rings. The number of hydrogen-bond acceptors (Lipinski definition) is 10. The Hall–Kier alpha value is -7.76. The van der Waals surface area contributed by atoms with E-state index in [4.69, 9.17) is 14.7 Å². The Morgan fingerprint density at radius 3 is 2.04 bits per heavy atom. The van der Waals surface area contributed by atoms with E-state index in [1.807, 2.05) is 68.1 Å². The van der Waals surface area contributed by atoms with E-state index in [1.165, 1.54) is 42.7 Å². The molecule has 3 aliphatic rings. The minimum Gasteiger partial charge on any atom is -0.453 e. The van der Waals surface area contributed by atoms with E-state index in [0.717, 1.165) is 46.9 Å². The summed E-state index contributed by atoms with van der Waals surface area (Å²) in [5.41, 5.74) is 6.44. The minimum absolute atomic E-state index is 0.0114. The summed E-state index contributed by atoms with van der Waals surface area (Å²) in [4.78, 5) is 75.2. The number of imidazole rings is 2. The second-order valence-corrected chi connectivity index (χ2v) is 20.7. The average Bonchev–Trinajstić information content (AvgIpc) is 4.27. The quantitative estimate of drug-likeness (QED) is 0.0772. The van der Waals surface area contributed by atoms with Crippen LogP contribution in [0, 0.1) is 17.6 Å². The lowest BCUT2D eigenvalue weighted by molar-refractivity contribution is -0.135. The molecular weight excluding hydrogens is 971 g/mol. The van der Waals surface area contributed by atoms with Gasteiger partial charge in [-0.25, -0.2) is 28.3 Å². The Kier molecular flexibility index (Phi) is 15.1. The molecule has 16 nitrogen and oxygen atoms in total. The van der Waals surface area contributed by atoms with Gasteiger partial charge in [-0.3, -0.25) is 9.59 Å². The summed E-state index contributed by atoms with van der Waals surface area (Å²) in [6, 6.07) is 28.1. The minimum atomic E-state index is -0.770. The molecule has 5 aromatic carbocycles. The van der Waals surface area contributed by atoms with Gasteiger partial charge in [0.2, 0.25) is 11.8 Å². The van der Waals surface area contributed by atoms with Crippen LogP contribution in [-0.2, 0) is 25.6 Å². The lowest BCUT2D eigenvalue weighted by atomic mass is 9.88. The van der Waals surface area contributed by atoms with E-state index >= 15 is 8.78 Å². The fourth-order valence-corrected chi connectivity index (χ4v) is 11.8.